The zero-order chi connectivity index (χ0) is 18.4. The van der Waals surface area contributed by atoms with Crippen LogP contribution in [-0.4, -0.2) is 44.1 Å². The first-order chi connectivity index (χ1) is 12.0. The molecule has 0 radical (unpaired) electrons. The van der Waals surface area contributed by atoms with Crippen molar-refractivity contribution in [1.82, 2.24) is 0 Å². The summed E-state index contributed by atoms with van der Waals surface area (Å²) in [5.41, 5.74) is 1.89. The summed E-state index contributed by atoms with van der Waals surface area (Å²) in [6.45, 7) is -0.309. The first kappa shape index (κ1) is 18.2. The van der Waals surface area contributed by atoms with Crippen molar-refractivity contribution in [2.24, 2.45) is 0 Å². The number of carbonyl (C=O) groups is 1. The molecule has 0 fully saturated rings. The molecule has 0 saturated carbocycles. The van der Waals surface area contributed by atoms with Crippen LogP contribution in [0.5, 0.6) is 17.2 Å². The lowest BCUT2D eigenvalue weighted by atomic mass is 9.99. The Hall–Kier alpha value is -3.17. The van der Waals surface area contributed by atoms with Crippen LogP contribution in [0.15, 0.2) is 30.3 Å². The zero-order valence-corrected chi connectivity index (χ0v) is 14.1. The van der Waals surface area contributed by atoms with Crippen LogP contribution in [0.4, 0.5) is 0 Å². The minimum Gasteiger partial charge on any atom is -0.493 e. The predicted octanol–water partition coefficient (Wildman–Crippen LogP) is 2.42. The Labute approximate surface area is 145 Å². The van der Waals surface area contributed by atoms with E-state index >= 15 is 0 Å². The van der Waals surface area contributed by atoms with Crippen LogP contribution in [0.3, 0.4) is 0 Å². The predicted molar refractivity (Wildman–Crippen MR) is 92.5 cm³/mol. The third-order valence-electron chi connectivity index (χ3n) is 3.49. The molecule has 0 aliphatic rings. The van der Waals surface area contributed by atoms with Gasteiger partial charge in [0, 0.05) is 5.56 Å². The van der Waals surface area contributed by atoms with Crippen LogP contribution in [0, 0.1) is 11.8 Å². The molecule has 2 aromatic carbocycles. The Bertz CT molecular complexity index is 820. The molecule has 0 aliphatic heterocycles. The monoisotopic (exact) mass is 342 g/mol. The Kier molecular flexibility index (Phi) is 5.88. The molecule has 0 unspecified atom stereocenters. The first-order valence-electron chi connectivity index (χ1n) is 7.32. The van der Waals surface area contributed by atoms with Crippen LogP contribution in [0.1, 0.15) is 15.9 Å². The highest BCUT2D eigenvalue weighted by Gasteiger charge is 2.15. The van der Waals surface area contributed by atoms with Crippen molar-refractivity contribution in [2.75, 3.05) is 27.9 Å². The Morgan fingerprint density at radius 1 is 0.960 bits per heavy atom. The molecule has 2 N–H and O–H groups in total. The van der Waals surface area contributed by atoms with Gasteiger partial charge >= 0.3 is 5.97 Å². The summed E-state index contributed by atoms with van der Waals surface area (Å²) in [5, 5.41) is 18.2. The van der Waals surface area contributed by atoms with Gasteiger partial charge in [-0.3, -0.25) is 0 Å². The van der Waals surface area contributed by atoms with Crippen molar-refractivity contribution in [2.45, 2.75) is 0 Å². The summed E-state index contributed by atoms with van der Waals surface area (Å²) in [6.07, 6.45) is 0. The van der Waals surface area contributed by atoms with Crippen LogP contribution >= 0.6 is 0 Å². The SMILES string of the molecule is COc1cc(-c2cc(C#CCO)cc(C(=O)O)c2)cc(OC)c1OC. The molecule has 0 aliphatic carbocycles. The zero-order valence-electron chi connectivity index (χ0n) is 14.1. The van der Waals surface area contributed by atoms with Gasteiger partial charge in [-0.2, -0.15) is 0 Å². The molecule has 0 bridgehead atoms. The highest BCUT2D eigenvalue weighted by Crippen LogP contribution is 2.41. The minimum atomic E-state index is -1.07. The van der Waals surface area contributed by atoms with E-state index in [1.807, 2.05) is 0 Å². The van der Waals surface area contributed by atoms with Crippen molar-refractivity contribution in [1.29, 1.82) is 0 Å². The Balaban J connectivity index is 2.68. The highest BCUT2D eigenvalue weighted by atomic mass is 16.5. The van der Waals surface area contributed by atoms with E-state index in [4.69, 9.17) is 19.3 Å². The number of aliphatic hydroxyl groups is 1. The molecule has 2 rings (SSSR count). The fourth-order valence-electron chi connectivity index (χ4n) is 2.38. The van der Waals surface area contributed by atoms with E-state index in [0.717, 1.165) is 0 Å². The van der Waals surface area contributed by atoms with Gasteiger partial charge in [0.1, 0.15) is 6.61 Å². The highest BCUT2D eigenvalue weighted by molar-refractivity contribution is 5.90. The first-order valence-corrected chi connectivity index (χ1v) is 7.32. The van der Waals surface area contributed by atoms with Crippen molar-refractivity contribution in [3.8, 4) is 40.2 Å². The maximum Gasteiger partial charge on any atom is 0.335 e. The van der Waals surface area contributed by atoms with Crippen molar-refractivity contribution >= 4 is 5.97 Å². The summed E-state index contributed by atoms with van der Waals surface area (Å²) >= 11 is 0. The Morgan fingerprint density at radius 2 is 1.56 bits per heavy atom. The van der Waals surface area contributed by atoms with E-state index in [1.165, 1.54) is 33.5 Å². The van der Waals surface area contributed by atoms with Crippen LogP contribution in [-0.2, 0) is 0 Å². The van der Waals surface area contributed by atoms with E-state index in [-0.39, 0.29) is 12.2 Å². The summed E-state index contributed by atoms with van der Waals surface area (Å²) < 4.78 is 16.0. The molecule has 0 aromatic heterocycles. The number of rotatable bonds is 5. The second kappa shape index (κ2) is 8.08. The van der Waals surface area contributed by atoms with Crippen LogP contribution in [0.2, 0.25) is 0 Å². The molecule has 130 valence electrons. The number of methoxy groups -OCH3 is 3. The molecule has 6 heteroatoms. The third kappa shape index (κ3) is 4.03. The smallest absolute Gasteiger partial charge is 0.335 e. The third-order valence-corrected chi connectivity index (χ3v) is 3.49. The van der Waals surface area contributed by atoms with E-state index in [0.29, 0.717) is 33.9 Å². The Morgan fingerprint density at radius 3 is 2.04 bits per heavy atom. The average Bonchev–Trinajstić information content (AvgIpc) is 2.64. The minimum absolute atomic E-state index is 0.0912. The van der Waals surface area contributed by atoms with Gasteiger partial charge in [0.05, 0.1) is 26.9 Å². The molecule has 0 atom stereocenters. The number of benzene rings is 2. The van der Waals surface area contributed by atoms with Gasteiger partial charge in [-0.25, -0.2) is 4.79 Å². The van der Waals surface area contributed by atoms with Gasteiger partial charge in [-0.1, -0.05) is 11.8 Å². The molecular formula is C19H18O6. The number of hydrogen-bond acceptors (Lipinski definition) is 5. The molecule has 0 heterocycles. The van der Waals surface area contributed by atoms with Crippen LogP contribution < -0.4 is 14.2 Å². The maximum atomic E-state index is 11.4. The summed E-state index contributed by atoms with van der Waals surface area (Å²) in [6, 6.07) is 8.17. The van der Waals surface area contributed by atoms with Gasteiger partial charge < -0.3 is 24.4 Å². The van der Waals surface area contributed by atoms with E-state index < -0.39 is 5.97 Å². The number of aliphatic hydroxyl groups excluding tert-OH is 1. The van der Waals surface area contributed by atoms with Crippen LogP contribution in [0.25, 0.3) is 11.1 Å². The summed E-state index contributed by atoms with van der Waals surface area (Å²) in [7, 11) is 4.52. The molecule has 0 saturated heterocycles. The molecule has 25 heavy (non-hydrogen) atoms. The quantitative estimate of drug-likeness (QED) is 0.812. The maximum absolute atomic E-state index is 11.4. The number of carboxylic acids is 1. The molecule has 0 spiro atoms. The number of ether oxygens (including phenoxy) is 3. The standard InChI is InChI=1S/C19H18O6/c1-23-16-10-14(11-17(24-2)18(16)25-3)13-7-12(5-4-6-20)8-15(9-13)19(21)22/h7-11,20H,6H2,1-3H3,(H,21,22). The van der Waals surface area contributed by atoms with Gasteiger partial charge in [-0.05, 0) is 41.5 Å². The van der Waals surface area contributed by atoms with Crippen molar-refractivity contribution in [3.63, 3.8) is 0 Å². The van der Waals surface area contributed by atoms with Gasteiger partial charge in [-0.15, -0.1) is 0 Å². The van der Waals surface area contributed by atoms with E-state index in [2.05, 4.69) is 11.8 Å². The fourth-order valence-corrected chi connectivity index (χ4v) is 2.38. The molecule has 6 nitrogen and oxygen atoms in total. The molecule has 2 aromatic rings. The number of carboxylic acid groups (broad SMARTS) is 1. The van der Waals surface area contributed by atoms with Gasteiger partial charge in [0.25, 0.3) is 0 Å². The fraction of sp³-hybridized carbons (Fsp3) is 0.211. The average molecular weight is 342 g/mol. The van der Waals surface area contributed by atoms with E-state index in [1.54, 1.807) is 18.2 Å². The molecule has 0 amide bonds. The second-order valence-electron chi connectivity index (χ2n) is 4.98. The van der Waals surface area contributed by atoms with Crippen molar-refractivity contribution < 1.29 is 29.2 Å². The van der Waals surface area contributed by atoms with E-state index in [9.17, 15) is 9.90 Å². The van der Waals surface area contributed by atoms with Crippen molar-refractivity contribution in [3.05, 3.63) is 41.5 Å². The normalized spacial score (nSPS) is 9.76. The van der Waals surface area contributed by atoms with Gasteiger partial charge in [0.15, 0.2) is 11.5 Å². The largest absolute Gasteiger partial charge is 0.493 e. The van der Waals surface area contributed by atoms with Gasteiger partial charge in [0.2, 0.25) is 5.75 Å². The lowest BCUT2D eigenvalue weighted by Gasteiger charge is -2.14. The number of hydrogen-bond donors (Lipinski definition) is 2. The summed E-state index contributed by atoms with van der Waals surface area (Å²) in [5.74, 6) is 5.54. The lowest BCUT2D eigenvalue weighted by molar-refractivity contribution is 0.0697. The lowest BCUT2D eigenvalue weighted by Crippen LogP contribution is -1.99. The second-order valence-corrected chi connectivity index (χ2v) is 4.98. The topological polar surface area (TPSA) is 85.2 Å². The molecular weight excluding hydrogens is 324 g/mol. The summed E-state index contributed by atoms with van der Waals surface area (Å²) in [4.78, 5) is 11.4. The number of aromatic carboxylic acids is 1.